The number of para-hydroxylation sites is 4. The van der Waals surface area contributed by atoms with Crippen LogP contribution in [0.4, 0.5) is 22.7 Å². The number of nitrogens with one attached hydrogen (secondary N) is 4. The molecular weight excluding hydrogens is 372 g/mol. The Hall–Kier alpha value is -3.70. The minimum Gasteiger partial charge on any atom is -0.360 e. The largest absolute Gasteiger partial charge is 0.492 e. The molecule has 5 heteroatoms. The van der Waals surface area contributed by atoms with Crippen molar-refractivity contribution in [1.29, 1.82) is 0 Å². The summed E-state index contributed by atoms with van der Waals surface area (Å²) in [6.07, 6.45) is 0. The van der Waals surface area contributed by atoms with Crippen LogP contribution >= 0.6 is 0 Å². The quantitative estimate of drug-likeness (QED) is 0.281. The molecule has 0 aliphatic rings. The van der Waals surface area contributed by atoms with E-state index in [0.717, 1.165) is 22.7 Å². The fourth-order valence-corrected chi connectivity index (χ4v) is 5.91. The van der Waals surface area contributed by atoms with Crippen LogP contribution in [0, 0.1) is 0 Å². The molecule has 0 amide bonds. The van der Waals surface area contributed by atoms with Crippen molar-refractivity contribution in [3.05, 3.63) is 121 Å². The zero-order valence-corrected chi connectivity index (χ0v) is 17.0. The highest BCUT2D eigenvalue weighted by Crippen LogP contribution is 2.21. The van der Waals surface area contributed by atoms with Gasteiger partial charge in [0, 0.05) is 22.7 Å². The Bertz CT molecular complexity index is 824. The predicted octanol–water partition coefficient (Wildman–Crippen LogP) is 5.87. The second-order valence-corrected chi connectivity index (χ2v) is 9.21. The average molecular weight is 397 g/mol. The van der Waals surface area contributed by atoms with Gasteiger partial charge >= 0.3 is 8.72 Å². The lowest BCUT2D eigenvalue weighted by Crippen LogP contribution is -2.66. The summed E-state index contributed by atoms with van der Waals surface area (Å²) in [5.41, 5.74) is 4.15. The van der Waals surface area contributed by atoms with E-state index in [9.17, 15) is 0 Å². The second-order valence-electron chi connectivity index (χ2n) is 6.71. The summed E-state index contributed by atoms with van der Waals surface area (Å²) in [6, 6.07) is 41.0. The Kier molecular flexibility index (Phi) is 5.78. The molecule has 0 atom stereocenters. The Morgan fingerprint density at radius 2 is 0.517 bits per heavy atom. The van der Waals surface area contributed by atoms with Crippen molar-refractivity contribution in [2.45, 2.75) is 0 Å². The minimum atomic E-state index is -2.76. The van der Waals surface area contributed by atoms with Gasteiger partial charge in [-0.3, -0.25) is 0 Å². The van der Waals surface area contributed by atoms with E-state index in [1.54, 1.807) is 0 Å². The van der Waals surface area contributed by atoms with Gasteiger partial charge in [0.05, 0.1) is 0 Å². The van der Waals surface area contributed by atoms with Gasteiger partial charge in [0.25, 0.3) is 0 Å². The molecule has 0 heterocycles. The van der Waals surface area contributed by atoms with E-state index in [0.29, 0.717) is 0 Å². The molecule has 0 saturated heterocycles. The van der Waals surface area contributed by atoms with Crippen molar-refractivity contribution in [3.8, 4) is 0 Å². The number of benzene rings is 4. The number of rotatable bonds is 8. The van der Waals surface area contributed by atoms with Gasteiger partial charge in [-0.1, -0.05) is 72.8 Å². The molecule has 29 heavy (non-hydrogen) atoms. The van der Waals surface area contributed by atoms with Gasteiger partial charge in [0.1, 0.15) is 0 Å². The van der Waals surface area contributed by atoms with Gasteiger partial charge < -0.3 is 19.9 Å². The highest BCUT2D eigenvalue weighted by molar-refractivity contribution is 6.90. The summed E-state index contributed by atoms with van der Waals surface area (Å²) in [7, 11) is -2.76. The van der Waals surface area contributed by atoms with Gasteiger partial charge in [-0.05, 0) is 48.5 Å². The van der Waals surface area contributed by atoms with Crippen LogP contribution in [0.5, 0.6) is 0 Å². The molecule has 4 N–H and O–H groups in total. The van der Waals surface area contributed by atoms with E-state index < -0.39 is 8.72 Å². The first-order valence-electron chi connectivity index (χ1n) is 9.64. The molecule has 144 valence electrons. The third-order valence-electron chi connectivity index (χ3n) is 4.42. The Morgan fingerprint density at radius 3 is 0.724 bits per heavy atom. The van der Waals surface area contributed by atoms with Crippen LogP contribution in [0.25, 0.3) is 0 Å². The molecule has 0 bridgehead atoms. The third kappa shape index (κ3) is 5.18. The fourth-order valence-electron chi connectivity index (χ4n) is 3.14. The van der Waals surface area contributed by atoms with Gasteiger partial charge in [-0.25, -0.2) is 0 Å². The maximum atomic E-state index is 3.74. The first-order chi connectivity index (χ1) is 14.3. The molecule has 4 aromatic rings. The lowest BCUT2D eigenvalue weighted by atomic mass is 10.3. The molecule has 4 rings (SSSR count). The number of anilines is 4. The van der Waals surface area contributed by atoms with Crippen molar-refractivity contribution in [2.75, 3.05) is 19.9 Å². The zero-order valence-electron chi connectivity index (χ0n) is 16.0. The first-order valence-corrected chi connectivity index (χ1v) is 11.6. The third-order valence-corrected chi connectivity index (χ3v) is 7.08. The second kappa shape index (κ2) is 8.99. The zero-order chi connectivity index (χ0) is 19.8. The smallest absolute Gasteiger partial charge is 0.360 e. The van der Waals surface area contributed by atoms with Crippen LogP contribution in [0.15, 0.2) is 121 Å². The van der Waals surface area contributed by atoms with Crippen molar-refractivity contribution >= 4 is 31.5 Å². The minimum absolute atomic E-state index is 1.04. The van der Waals surface area contributed by atoms with Crippen LogP contribution in [-0.4, -0.2) is 8.72 Å². The maximum Gasteiger partial charge on any atom is 0.492 e. The Morgan fingerprint density at radius 1 is 0.310 bits per heavy atom. The average Bonchev–Trinajstić information content (AvgIpc) is 2.76. The Balaban J connectivity index is 1.75. The van der Waals surface area contributed by atoms with Gasteiger partial charge in [0.2, 0.25) is 0 Å². The summed E-state index contributed by atoms with van der Waals surface area (Å²) in [5, 5.41) is 0. The van der Waals surface area contributed by atoms with E-state index in [1.165, 1.54) is 0 Å². The summed E-state index contributed by atoms with van der Waals surface area (Å²) in [4.78, 5) is 15.0. The van der Waals surface area contributed by atoms with Crippen LogP contribution < -0.4 is 19.9 Å². The van der Waals surface area contributed by atoms with Gasteiger partial charge in [-0.15, -0.1) is 0 Å². The molecule has 0 fully saturated rings. The van der Waals surface area contributed by atoms with E-state index >= 15 is 0 Å². The summed E-state index contributed by atoms with van der Waals surface area (Å²) >= 11 is 0. The van der Waals surface area contributed by atoms with Crippen molar-refractivity contribution in [1.82, 2.24) is 0 Å². The normalized spacial score (nSPS) is 10.8. The highest BCUT2D eigenvalue weighted by Gasteiger charge is 2.38. The number of hydrogen-bond donors (Lipinski definition) is 4. The monoisotopic (exact) mass is 396 g/mol. The first kappa shape index (κ1) is 18.7. The molecule has 0 radical (unpaired) electrons. The van der Waals surface area contributed by atoms with Crippen LogP contribution in [0.1, 0.15) is 0 Å². The molecule has 0 unspecified atom stereocenters. The molecule has 0 aliphatic heterocycles. The summed E-state index contributed by atoms with van der Waals surface area (Å²) < 4.78 is 0. The van der Waals surface area contributed by atoms with E-state index in [2.05, 4.69) is 68.5 Å². The molecule has 0 saturated carbocycles. The lowest BCUT2D eigenvalue weighted by Gasteiger charge is -2.35. The lowest BCUT2D eigenvalue weighted by molar-refractivity contribution is 1.45. The van der Waals surface area contributed by atoms with Gasteiger partial charge in [0.15, 0.2) is 0 Å². The SMILES string of the molecule is c1ccc(N[Si](Nc2ccccc2)(Nc2ccccc2)Nc2ccccc2)cc1. The van der Waals surface area contributed by atoms with Crippen LogP contribution in [0.3, 0.4) is 0 Å². The van der Waals surface area contributed by atoms with Crippen molar-refractivity contribution < 1.29 is 0 Å². The van der Waals surface area contributed by atoms with Crippen molar-refractivity contribution in [2.24, 2.45) is 0 Å². The fraction of sp³-hybridized carbons (Fsp3) is 0. The van der Waals surface area contributed by atoms with E-state index in [-0.39, 0.29) is 0 Å². The molecule has 0 aliphatic carbocycles. The summed E-state index contributed by atoms with van der Waals surface area (Å²) in [6.45, 7) is 0. The van der Waals surface area contributed by atoms with E-state index in [4.69, 9.17) is 0 Å². The Labute approximate surface area is 173 Å². The molecule has 4 nitrogen and oxygen atoms in total. The number of hydrogen-bond acceptors (Lipinski definition) is 4. The molecular formula is C24H24N4Si. The van der Waals surface area contributed by atoms with Crippen LogP contribution in [0.2, 0.25) is 0 Å². The van der Waals surface area contributed by atoms with Crippen LogP contribution in [-0.2, 0) is 0 Å². The molecule has 4 aromatic carbocycles. The summed E-state index contributed by atoms with van der Waals surface area (Å²) in [5.74, 6) is 0. The predicted molar refractivity (Wildman–Crippen MR) is 126 cm³/mol. The maximum absolute atomic E-state index is 3.74. The standard InChI is InChI=1S/C24H24N4Si/c1-5-13-21(14-6-1)25-29(26-22-15-7-2-8-16-22,27-23-17-9-3-10-18-23)28-24-19-11-4-12-20-24/h1-20,25-28H. The van der Waals surface area contributed by atoms with Crippen molar-refractivity contribution in [3.63, 3.8) is 0 Å². The van der Waals surface area contributed by atoms with E-state index in [1.807, 2.05) is 72.8 Å². The molecule has 0 spiro atoms. The highest BCUT2D eigenvalue weighted by atomic mass is 28.4. The van der Waals surface area contributed by atoms with Gasteiger partial charge in [-0.2, -0.15) is 0 Å². The molecule has 0 aromatic heterocycles. The topological polar surface area (TPSA) is 48.1 Å².